The van der Waals surface area contributed by atoms with E-state index < -0.39 is 16.5 Å². The third-order valence-electron chi connectivity index (χ3n) is 6.83. The Kier molecular flexibility index (Phi) is 6.88. The monoisotopic (exact) mass is 624 g/mol. The Balaban J connectivity index is 2.25. The lowest BCUT2D eigenvalue weighted by Gasteiger charge is -2.37. The number of rotatable bonds is 4. The average molecular weight is 626 g/mol. The molecule has 0 radical (unpaired) electrons. The summed E-state index contributed by atoms with van der Waals surface area (Å²) in [4.78, 5) is 0.324. The maximum atomic E-state index is 11.2. The minimum atomic E-state index is -3.61. The Bertz CT molecular complexity index is 1260. The molecule has 4 rings (SSSR count). The number of hydrogen-bond donors (Lipinski definition) is 4. The molecule has 4 N–H and O–H groups in total. The molecule has 1 aliphatic rings. The second-order valence-corrected chi connectivity index (χ2v) is 12.9. The van der Waals surface area contributed by atoms with Gasteiger partial charge < -0.3 is 19.3 Å². The van der Waals surface area contributed by atoms with Gasteiger partial charge in [-0.25, -0.2) is 0 Å². The molecule has 0 spiro atoms. The van der Waals surface area contributed by atoms with Crippen molar-refractivity contribution in [1.82, 2.24) is 0 Å². The van der Waals surface area contributed by atoms with E-state index in [2.05, 4.69) is 31.9 Å². The molecule has 0 saturated carbocycles. The van der Waals surface area contributed by atoms with Gasteiger partial charge in [0.15, 0.2) is 5.60 Å². The molecule has 0 aliphatic carbocycles. The van der Waals surface area contributed by atoms with Crippen LogP contribution in [0.5, 0.6) is 11.5 Å². The highest BCUT2D eigenvalue weighted by Gasteiger charge is 2.54. The summed E-state index contributed by atoms with van der Waals surface area (Å²) in [5, 5.41) is 21.8. The summed E-state index contributed by atoms with van der Waals surface area (Å²) in [5.41, 5.74) is 3.44. The highest BCUT2D eigenvalue weighted by molar-refractivity contribution is 9.11. The number of aromatic hydroxyl groups is 2. The molecule has 1 heterocycles. The number of phenols is 2. The molecule has 3 aromatic carbocycles. The Labute approximate surface area is 225 Å². The molecular formula is C27H30Br2O5S. The van der Waals surface area contributed by atoms with Crippen LogP contribution in [0.3, 0.4) is 0 Å². The molecule has 0 unspecified atom stereocenters. The smallest absolute Gasteiger partial charge is 0.163 e. The van der Waals surface area contributed by atoms with Crippen LogP contribution >= 0.6 is 42.7 Å². The van der Waals surface area contributed by atoms with Crippen LogP contribution in [-0.2, 0) is 9.78 Å². The summed E-state index contributed by atoms with van der Waals surface area (Å²) in [6.07, 6.45) is 0. The van der Waals surface area contributed by atoms with Gasteiger partial charge in [0.25, 0.3) is 0 Å². The minimum Gasteiger partial charge on any atom is -0.506 e. The van der Waals surface area contributed by atoms with E-state index in [-0.39, 0.29) is 23.3 Å². The maximum Gasteiger partial charge on any atom is 0.163 e. The maximum absolute atomic E-state index is 11.2. The standard InChI is InChI=1S/C27H30Br2O5S/c1-13(2)17-11-20(15(5)23(28)25(17)30)27(19-9-7-8-10-22(19)35(32,33)34-27)21-12-18(14(3)4)26(31)24(29)16(21)6/h7-14,30-33H,1-6H3. The topological polar surface area (TPSA) is 90.2 Å². The summed E-state index contributed by atoms with van der Waals surface area (Å²) in [5.74, 6) is 0.304. The zero-order valence-electron chi connectivity index (χ0n) is 20.5. The van der Waals surface area contributed by atoms with Gasteiger partial charge in [0.1, 0.15) is 22.4 Å². The molecule has 0 fully saturated rings. The first kappa shape index (κ1) is 26.5. The second-order valence-electron chi connectivity index (χ2n) is 9.67. The van der Waals surface area contributed by atoms with Crippen molar-refractivity contribution in [3.05, 3.63) is 84.3 Å². The lowest BCUT2D eigenvalue weighted by atomic mass is 9.75. The zero-order valence-corrected chi connectivity index (χ0v) is 24.5. The highest BCUT2D eigenvalue weighted by Crippen LogP contribution is 2.68. The number of phenolic OH excluding ortho intramolecular Hbond substituents is 2. The summed E-state index contributed by atoms with van der Waals surface area (Å²) >= 11 is 7.14. The first-order valence-corrected chi connectivity index (χ1v) is 14.4. The van der Waals surface area contributed by atoms with Gasteiger partial charge in [-0.15, -0.1) is 0 Å². The van der Waals surface area contributed by atoms with Crippen molar-refractivity contribution in [2.24, 2.45) is 0 Å². The Morgan fingerprint density at radius 2 is 1.20 bits per heavy atom. The van der Waals surface area contributed by atoms with E-state index in [4.69, 9.17) is 4.18 Å². The van der Waals surface area contributed by atoms with Crippen molar-refractivity contribution in [1.29, 1.82) is 0 Å². The lowest BCUT2D eigenvalue weighted by molar-refractivity contribution is 0.153. The summed E-state index contributed by atoms with van der Waals surface area (Å²) in [6.45, 7) is 11.7. The van der Waals surface area contributed by atoms with Crippen LogP contribution in [0.25, 0.3) is 0 Å². The lowest BCUT2D eigenvalue weighted by Crippen LogP contribution is -2.32. The quantitative estimate of drug-likeness (QED) is 0.232. The van der Waals surface area contributed by atoms with Gasteiger partial charge >= 0.3 is 0 Å². The molecule has 188 valence electrons. The Morgan fingerprint density at radius 3 is 1.63 bits per heavy atom. The Hall–Kier alpha value is -1.55. The van der Waals surface area contributed by atoms with E-state index in [1.54, 1.807) is 12.1 Å². The van der Waals surface area contributed by atoms with Crippen LogP contribution in [0.1, 0.15) is 78.5 Å². The third kappa shape index (κ3) is 3.93. The number of fused-ring (bicyclic) bond motifs is 1. The molecule has 5 nitrogen and oxygen atoms in total. The van der Waals surface area contributed by atoms with Gasteiger partial charge in [-0.2, -0.15) is 0 Å². The normalized spacial score (nSPS) is 17.1. The molecule has 3 aromatic rings. The highest BCUT2D eigenvalue weighted by atomic mass is 79.9. The summed E-state index contributed by atoms with van der Waals surface area (Å²) in [7, 11) is -3.61. The third-order valence-corrected chi connectivity index (χ3v) is 10.2. The molecule has 0 amide bonds. The van der Waals surface area contributed by atoms with Gasteiger partial charge in [-0.05, 0) is 109 Å². The van der Waals surface area contributed by atoms with E-state index in [0.717, 1.165) is 0 Å². The van der Waals surface area contributed by atoms with Crippen LogP contribution in [0.2, 0.25) is 0 Å². The van der Waals surface area contributed by atoms with Crippen molar-refractivity contribution >= 4 is 42.7 Å². The first-order valence-electron chi connectivity index (χ1n) is 11.4. The van der Waals surface area contributed by atoms with Crippen molar-refractivity contribution < 1.29 is 23.5 Å². The Morgan fingerprint density at radius 1 is 0.771 bits per heavy atom. The van der Waals surface area contributed by atoms with Crippen molar-refractivity contribution in [2.45, 2.75) is 63.9 Å². The zero-order chi connectivity index (χ0) is 26.0. The predicted molar refractivity (Wildman–Crippen MR) is 148 cm³/mol. The van der Waals surface area contributed by atoms with Crippen molar-refractivity contribution in [3.63, 3.8) is 0 Å². The SMILES string of the molecule is Cc1c(C2(c3cc(C(C)C)c(O)c(Br)c3C)OS(O)(O)c3ccccc32)cc(C(C)C)c(O)c1Br. The molecule has 1 aliphatic heterocycles. The fourth-order valence-electron chi connectivity index (χ4n) is 4.90. The van der Waals surface area contributed by atoms with Crippen LogP contribution in [-0.4, -0.2) is 19.3 Å². The van der Waals surface area contributed by atoms with Crippen LogP contribution in [0, 0.1) is 13.8 Å². The molecular weight excluding hydrogens is 596 g/mol. The summed E-state index contributed by atoms with van der Waals surface area (Å²) < 4.78 is 29.8. The first-order chi connectivity index (χ1) is 16.3. The van der Waals surface area contributed by atoms with Crippen LogP contribution in [0.4, 0.5) is 0 Å². The van der Waals surface area contributed by atoms with Gasteiger partial charge in [-0.3, -0.25) is 4.18 Å². The van der Waals surface area contributed by atoms with E-state index in [0.29, 0.717) is 52.8 Å². The molecule has 35 heavy (non-hydrogen) atoms. The summed E-state index contributed by atoms with van der Waals surface area (Å²) in [6, 6.07) is 10.9. The fourth-order valence-corrected chi connectivity index (χ4v) is 7.25. The number of halogens is 2. The van der Waals surface area contributed by atoms with E-state index in [1.807, 2.05) is 65.8 Å². The molecule has 8 heteroatoms. The van der Waals surface area contributed by atoms with Crippen LogP contribution < -0.4 is 0 Å². The fraction of sp³-hybridized carbons (Fsp3) is 0.333. The molecule has 0 aromatic heterocycles. The second kappa shape index (κ2) is 9.08. The number of hydrogen-bond acceptors (Lipinski definition) is 5. The van der Waals surface area contributed by atoms with E-state index in [9.17, 15) is 19.3 Å². The van der Waals surface area contributed by atoms with Crippen LogP contribution in [0.15, 0.2) is 50.2 Å². The average Bonchev–Trinajstić information content (AvgIpc) is 3.03. The van der Waals surface area contributed by atoms with E-state index >= 15 is 0 Å². The molecule has 0 bridgehead atoms. The van der Waals surface area contributed by atoms with Gasteiger partial charge in [0, 0.05) is 5.56 Å². The van der Waals surface area contributed by atoms with Crippen molar-refractivity contribution in [2.75, 3.05) is 0 Å². The molecule has 0 saturated heterocycles. The van der Waals surface area contributed by atoms with Gasteiger partial charge in [0.2, 0.25) is 0 Å². The van der Waals surface area contributed by atoms with Gasteiger partial charge in [0.05, 0.1) is 13.8 Å². The largest absolute Gasteiger partial charge is 0.506 e. The van der Waals surface area contributed by atoms with Gasteiger partial charge in [-0.1, -0.05) is 45.9 Å². The van der Waals surface area contributed by atoms with E-state index in [1.165, 1.54) is 0 Å². The predicted octanol–water partition coefficient (Wildman–Crippen LogP) is 8.83. The van der Waals surface area contributed by atoms with Crippen molar-refractivity contribution in [3.8, 4) is 11.5 Å². The minimum absolute atomic E-state index is 0.00131. The molecule has 0 atom stereocenters. The number of benzene rings is 3.